The monoisotopic (exact) mass is 392 g/mol. The molecule has 148 valence electrons. The fraction of sp³-hybridized carbons (Fsp3) is 0.550. The first-order valence-corrected chi connectivity index (χ1v) is 9.47. The van der Waals surface area contributed by atoms with Gasteiger partial charge in [0.2, 0.25) is 11.8 Å². The third kappa shape index (κ3) is 6.33. The summed E-state index contributed by atoms with van der Waals surface area (Å²) in [5, 5.41) is 6.89. The van der Waals surface area contributed by atoms with Crippen LogP contribution in [0.15, 0.2) is 28.8 Å². The normalized spacial score (nSPS) is 14.7. The van der Waals surface area contributed by atoms with Crippen molar-refractivity contribution in [2.24, 2.45) is 5.73 Å². The van der Waals surface area contributed by atoms with Gasteiger partial charge < -0.3 is 15.6 Å². The molecule has 7 heteroatoms. The number of hydrogen-bond donors (Lipinski definition) is 2. The van der Waals surface area contributed by atoms with E-state index in [0.29, 0.717) is 43.5 Å². The first kappa shape index (κ1) is 21.4. The minimum absolute atomic E-state index is 0. The van der Waals surface area contributed by atoms with Crippen molar-refractivity contribution in [1.82, 2.24) is 15.5 Å². The zero-order valence-corrected chi connectivity index (χ0v) is 16.8. The highest BCUT2D eigenvalue weighted by Gasteiger charge is 2.28. The first-order valence-electron chi connectivity index (χ1n) is 9.47. The van der Waals surface area contributed by atoms with Crippen molar-refractivity contribution < 1.29 is 9.32 Å². The molecule has 2 aromatic rings. The van der Waals surface area contributed by atoms with E-state index >= 15 is 0 Å². The molecule has 0 spiro atoms. The highest BCUT2D eigenvalue weighted by Crippen LogP contribution is 2.38. The fourth-order valence-corrected chi connectivity index (χ4v) is 2.84. The van der Waals surface area contributed by atoms with E-state index in [1.165, 1.54) is 5.56 Å². The SMILES string of the molecule is CC(C)c1ccc(C(N)CNC(=O)CCCc2nc(C3CC3)no2)cc1.Cl. The lowest BCUT2D eigenvalue weighted by molar-refractivity contribution is -0.121. The predicted octanol–water partition coefficient (Wildman–Crippen LogP) is 3.63. The van der Waals surface area contributed by atoms with Crippen LogP contribution in [0.4, 0.5) is 0 Å². The van der Waals surface area contributed by atoms with Crippen LogP contribution in [0.25, 0.3) is 0 Å². The molecule has 1 aliphatic carbocycles. The van der Waals surface area contributed by atoms with E-state index in [0.717, 1.165) is 24.2 Å². The van der Waals surface area contributed by atoms with Crippen LogP contribution >= 0.6 is 12.4 Å². The smallest absolute Gasteiger partial charge is 0.226 e. The lowest BCUT2D eigenvalue weighted by atomic mass is 9.99. The molecule has 0 aliphatic heterocycles. The number of nitrogens with zero attached hydrogens (tertiary/aromatic N) is 2. The Balaban J connectivity index is 0.00000261. The van der Waals surface area contributed by atoms with Crippen molar-refractivity contribution in [2.75, 3.05) is 6.54 Å². The average molecular weight is 393 g/mol. The molecular weight excluding hydrogens is 364 g/mol. The van der Waals surface area contributed by atoms with Crippen LogP contribution in [0.2, 0.25) is 0 Å². The number of rotatable bonds is 9. The number of halogens is 1. The number of benzene rings is 1. The second-order valence-corrected chi connectivity index (χ2v) is 7.41. The van der Waals surface area contributed by atoms with Crippen molar-refractivity contribution in [1.29, 1.82) is 0 Å². The van der Waals surface area contributed by atoms with Crippen LogP contribution in [-0.4, -0.2) is 22.6 Å². The topological polar surface area (TPSA) is 94.0 Å². The second kappa shape index (κ2) is 9.85. The summed E-state index contributed by atoms with van der Waals surface area (Å²) in [7, 11) is 0. The molecule has 0 radical (unpaired) electrons. The van der Waals surface area contributed by atoms with Crippen molar-refractivity contribution >= 4 is 18.3 Å². The van der Waals surface area contributed by atoms with E-state index in [4.69, 9.17) is 10.3 Å². The van der Waals surface area contributed by atoms with Gasteiger partial charge in [-0.2, -0.15) is 4.98 Å². The Kier molecular flexibility index (Phi) is 7.80. The Morgan fingerprint density at radius 1 is 1.26 bits per heavy atom. The maximum absolute atomic E-state index is 12.0. The van der Waals surface area contributed by atoms with Gasteiger partial charge >= 0.3 is 0 Å². The predicted molar refractivity (Wildman–Crippen MR) is 107 cm³/mol. The summed E-state index contributed by atoms with van der Waals surface area (Å²) in [4.78, 5) is 16.4. The molecule has 3 rings (SSSR count). The summed E-state index contributed by atoms with van der Waals surface area (Å²) < 4.78 is 5.22. The summed E-state index contributed by atoms with van der Waals surface area (Å²) >= 11 is 0. The number of hydrogen-bond acceptors (Lipinski definition) is 5. The van der Waals surface area contributed by atoms with Crippen molar-refractivity contribution in [3.05, 3.63) is 47.1 Å². The maximum atomic E-state index is 12.0. The number of aryl methyl sites for hydroxylation is 1. The zero-order chi connectivity index (χ0) is 18.5. The van der Waals surface area contributed by atoms with Gasteiger partial charge in [0.1, 0.15) is 0 Å². The Morgan fingerprint density at radius 2 is 1.93 bits per heavy atom. The second-order valence-electron chi connectivity index (χ2n) is 7.41. The third-order valence-electron chi connectivity index (χ3n) is 4.77. The largest absolute Gasteiger partial charge is 0.354 e. The number of nitrogens with two attached hydrogens (primary N) is 1. The lowest BCUT2D eigenvalue weighted by Crippen LogP contribution is -2.31. The summed E-state index contributed by atoms with van der Waals surface area (Å²) in [5.41, 5.74) is 8.50. The van der Waals surface area contributed by atoms with Gasteiger partial charge in [-0.1, -0.05) is 43.3 Å². The van der Waals surface area contributed by atoms with E-state index in [1.807, 2.05) is 12.1 Å². The van der Waals surface area contributed by atoms with Crippen molar-refractivity contribution in [3.63, 3.8) is 0 Å². The highest BCUT2D eigenvalue weighted by atomic mass is 35.5. The average Bonchev–Trinajstić information content (AvgIpc) is 3.39. The molecular formula is C20H29ClN4O2. The van der Waals surface area contributed by atoms with Gasteiger partial charge in [0, 0.05) is 31.3 Å². The molecule has 1 heterocycles. The van der Waals surface area contributed by atoms with Gasteiger partial charge in [0.05, 0.1) is 0 Å². The van der Waals surface area contributed by atoms with Crippen LogP contribution in [0.3, 0.4) is 0 Å². The summed E-state index contributed by atoms with van der Waals surface area (Å²) in [6.45, 7) is 4.76. The minimum atomic E-state index is -0.197. The number of carbonyl (C=O) groups is 1. The molecule has 1 saturated carbocycles. The molecule has 1 amide bonds. The van der Waals surface area contributed by atoms with Gasteiger partial charge in [0.25, 0.3) is 0 Å². The molecule has 27 heavy (non-hydrogen) atoms. The molecule has 1 fully saturated rings. The Labute approximate surface area is 166 Å². The van der Waals surface area contributed by atoms with Gasteiger partial charge in [0.15, 0.2) is 5.82 Å². The number of aromatic nitrogens is 2. The lowest BCUT2D eigenvalue weighted by Gasteiger charge is -2.14. The van der Waals surface area contributed by atoms with Crippen molar-refractivity contribution in [3.8, 4) is 0 Å². The number of amides is 1. The quantitative estimate of drug-likeness (QED) is 0.679. The Morgan fingerprint density at radius 3 is 2.56 bits per heavy atom. The molecule has 0 bridgehead atoms. The van der Waals surface area contributed by atoms with Crippen LogP contribution in [0.5, 0.6) is 0 Å². The van der Waals surface area contributed by atoms with Crippen LogP contribution in [0.1, 0.15) is 80.3 Å². The summed E-state index contributed by atoms with van der Waals surface area (Å²) in [6, 6.07) is 8.08. The minimum Gasteiger partial charge on any atom is -0.354 e. The molecule has 1 atom stereocenters. The van der Waals surface area contributed by atoms with E-state index in [2.05, 4.69) is 41.4 Å². The fourth-order valence-electron chi connectivity index (χ4n) is 2.84. The van der Waals surface area contributed by atoms with E-state index in [9.17, 15) is 4.79 Å². The highest BCUT2D eigenvalue weighted by molar-refractivity contribution is 5.85. The van der Waals surface area contributed by atoms with Gasteiger partial charge in [-0.15, -0.1) is 12.4 Å². The summed E-state index contributed by atoms with van der Waals surface area (Å²) in [5.74, 6) is 2.44. The van der Waals surface area contributed by atoms with E-state index in [1.54, 1.807) is 0 Å². The molecule has 3 N–H and O–H groups in total. The Hall–Kier alpha value is -1.92. The van der Waals surface area contributed by atoms with Gasteiger partial charge in [-0.25, -0.2) is 0 Å². The van der Waals surface area contributed by atoms with Crippen LogP contribution in [-0.2, 0) is 11.2 Å². The van der Waals surface area contributed by atoms with Gasteiger partial charge in [-0.3, -0.25) is 4.79 Å². The number of carbonyl (C=O) groups excluding carboxylic acids is 1. The zero-order valence-electron chi connectivity index (χ0n) is 16.0. The molecule has 1 aliphatic rings. The van der Waals surface area contributed by atoms with Crippen LogP contribution < -0.4 is 11.1 Å². The molecule has 1 aromatic carbocycles. The molecule has 6 nitrogen and oxygen atoms in total. The first-order chi connectivity index (χ1) is 12.5. The van der Waals surface area contributed by atoms with Gasteiger partial charge in [-0.05, 0) is 36.3 Å². The maximum Gasteiger partial charge on any atom is 0.226 e. The number of nitrogens with one attached hydrogen (secondary N) is 1. The third-order valence-corrected chi connectivity index (χ3v) is 4.77. The molecule has 1 unspecified atom stereocenters. The van der Waals surface area contributed by atoms with Crippen molar-refractivity contribution in [2.45, 2.75) is 63.8 Å². The van der Waals surface area contributed by atoms with Crippen LogP contribution in [0, 0.1) is 0 Å². The molecule has 1 aromatic heterocycles. The van der Waals surface area contributed by atoms with E-state index in [-0.39, 0.29) is 24.4 Å². The Bertz CT molecular complexity index is 726. The summed E-state index contributed by atoms with van der Waals surface area (Å²) in [6.07, 6.45) is 4.07. The standard InChI is InChI=1S/C20H28N4O2.ClH/c1-13(2)14-6-8-15(9-7-14)17(21)12-22-18(25)4-3-5-19-23-20(24-26-19)16-10-11-16;/h6-9,13,16-17H,3-5,10-12,21H2,1-2H3,(H,22,25);1H. The molecule has 0 saturated heterocycles. The van der Waals surface area contributed by atoms with E-state index < -0.39 is 0 Å².